The van der Waals surface area contributed by atoms with Crippen LogP contribution in [0.25, 0.3) is 0 Å². The summed E-state index contributed by atoms with van der Waals surface area (Å²) in [5, 5.41) is 9.03. The van der Waals surface area contributed by atoms with E-state index in [2.05, 4.69) is 0 Å². The van der Waals surface area contributed by atoms with Crippen LogP contribution in [-0.4, -0.2) is 17.2 Å². The molecule has 4 heteroatoms. The lowest BCUT2D eigenvalue weighted by molar-refractivity contribution is -0.142. The highest BCUT2D eigenvalue weighted by molar-refractivity contribution is 5.70. The van der Waals surface area contributed by atoms with Crippen molar-refractivity contribution in [2.75, 3.05) is 0 Å². The molecule has 0 aliphatic heterocycles. The smallest absolute Gasteiger partial charge is 0.306 e. The van der Waals surface area contributed by atoms with Crippen LogP contribution < -0.4 is 4.74 Å². The van der Waals surface area contributed by atoms with Gasteiger partial charge in [0.25, 0.3) is 0 Å². The van der Waals surface area contributed by atoms with Crippen LogP contribution in [0, 0.1) is 11.7 Å². The van der Waals surface area contributed by atoms with Gasteiger partial charge < -0.3 is 9.84 Å². The highest BCUT2D eigenvalue weighted by Crippen LogP contribution is 2.40. The van der Waals surface area contributed by atoms with E-state index in [1.165, 1.54) is 12.1 Å². The summed E-state index contributed by atoms with van der Waals surface area (Å²) in [6, 6.07) is 4.61. The highest BCUT2D eigenvalue weighted by Gasteiger charge is 2.28. The Kier molecular flexibility index (Phi) is 4.63. The zero-order chi connectivity index (χ0) is 14.7. The van der Waals surface area contributed by atoms with Crippen molar-refractivity contribution in [3.05, 3.63) is 29.6 Å². The Morgan fingerprint density at radius 2 is 1.95 bits per heavy atom. The van der Waals surface area contributed by atoms with Crippen molar-refractivity contribution in [1.82, 2.24) is 0 Å². The van der Waals surface area contributed by atoms with E-state index in [-0.39, 0.29) is 23.8 Å². The molecule has 0 bridgehead atoms. The van der Waals surface area contributed by atoms with Gasteiger partial charge in [0.15, 0.2) is 0 Å². The summed E-state index contributed by atoms with van der Waals surface area (Å²) in [5.41, 5.74) is 0.877. The lowest BCUT2D eigenvalue weighted by atomic mass is 9.78. The second-order valence-electron chi connectivity index (χ2n) is 5.74. The number of aliphatic carboxylic acids is 1. The van der Waals surface area contributed by atoms with Crippen LogP contribution in [-0.2, 0) is 4.79 Å². The lowest BCUT2D eigenvalue weighted by Crippen LogP contribution is -2.21. The van der Waals surface area contributed by atoms with Crippen LogP contribution in [0.3, 0.4) is 0 Å². The van der Waals surface area contributed by atoms with Crippen LogP contribution in [0.15, 0.2) is 18.2 Å². The summed E-state index contributed by atoms with van der Waals surface area (Å²) >= 11 is 0. The van der Waals surface area contributed by atoms with Crippen LogP contribution in [0.4, 0.5) is 4.39 Å². The Labute approximate surface area is 118 Å². The summed E-state index contributed by atoms with van der Waals surface area (Å²) in [4.78, 5) is 11.0. The van der Waals surface area contributed by atoms with Gasteiger partial charge in [-0.1, -0.05) is 0 Å². The molecule has 1 aromatic rings. The third-order valence-corrected chi connectivity index (χ3v) is 3.85. The molecule has 0 spiro atoms. The molecule has 1 aliphatic carbocycles. The molecule has 0 saturated heterocycles. The van der Waals surface area contributed by atoms with Gasteiger partial charge in [-0.2, -0.15) is 0 Å². The second-order valence-corrected chi connectivity index (χ2v) is 5.74. The van der Waals surface area contributed by atoms with E-state index in [0.29, 0.717) is 12.8 Å². The maximum Gasteiger partial charge on any atom is 0.306 e. The second kappa shape index (κ2) is 6.25. The predicted molar refractivity (Wildman–Crippen MR) is 74.5 cm³/mol. The molecule has 0 amide bonds. The number of rotatable bonds is 4. The van der Waals surface area contributed by atoms with Gasteiger partial charge in [0.05, 0.1) is 12.0 Å². The Bertz CT molecular complexity index is 477. The number of benzene rings is 1. The van der Waals surface area contributed by atoms with Gasteiger partial charge in [0.1, 0.15) is 11.6 Å². The molecule has 1 aliphatic rings. The first kappa shape index (κ1) is 14.8. The average molecular weight is 280 g/mol. The fraction of sp³-hybridized carbons (Fsp3) is 0.562. The van der Waals surface area contributed by atoms with E-state index >= 15 is 0 Å². The van der Waals surface area contributed by atoms with Crippen molar-refractivity contribution >= 4 is 5.97 Å². The van der Waals surface area contributed by atoms with Gasteiger partial charge in [-0.05, 0) is 63.6 Å². The number of carboxylic acid groups (broad SMARTS) is 1. The molecule has 0 radical (unpaired) electrons. The summed E-state index contributed by atoms with van der Waals surface area (Å²) in [6.45, 7) is 3.88. The highest BCUT2D eigenvalue weighted by atomic mass is 19.1. The largest absolute Gasteiger partial charge is 0.491 e. The van der Waals surface area contributed by atoms with Gasteiger partial charge in [-0.15, -0.1) is 0 Å². The number of ether oxygens (including phenoxy) is 1. The molecule has 2 rings (SSSR count). The van der Waals surface area contributed by atoms with Gasteiger partial charge in [0.2, 0.25) is 0 Å². The lowest BCUT2D eigenvalue weighted by Gasteiger charge is -2.28. The first-order chi connectivity index (χ1) is 9.47. The van der Waals surface area contributed by atoms with Crippen LogP contribution in [0.1, 0.15) is 51.0 Å². The quantitative estimate of drug-likeness (QED) is 0.907. The van der Waals surface area contributed by atoms with Crippen LogP contribution in [0.5, 0.6) is 5.75 Å². The van der Waals surface area contributed by atoms with Gasteiger partial charge in [-0.3, -0.25) is 4.79 Å². The first-order valence-corrected chi connectivity index (χ1v) is 7.16. The van der Waals surface area contributed by atoms with Crippen molar-refractivity contribution < 1.29 is 19.0 Å². The number of halogens is 1. The number of carboxylic acids is 1. The number of hydrogen-bond donors (Lipinski definition) is 1. The topological polar surface area (TPSA) is 46.5 Å². The van der Waals surface area contributed by atoms with Crippen molar-refractivity contribution in [3.8, 4) is 5.75 Å². The molecule has 1 saturated carbocycles. The zero-order valence-electron chi connectivity index (χ0n) is 11.9. The molecule has 1 fully saturated rings. The van der Waals surface area contributed by atoms with E-state index in [4.69, 9.17) is 9.84 Å². The van der Waals surface area contributed by atoms with E-state index in [0.717, 1.165) is 24.2 Å². The molecule has 0 unspecified atom stereocenters. The standard InChI is InChI=1S/C16H21FO3/c1-10(2)20-15-8-7-13(17)9-14(15)11-3-5-12(6-4-11)16(18)19/h7-12H,3-6H2,1-2H3,(H,18,19). The van der Waals surface area contributed by atoms with Crippen LogP contribution in [0.2, 0.25) is 0 Å². The van der Waals surface area contributed by atoms with E-state index in [9.17, 15) is 9.18 Å². The van der Waals surface area contributed by atoms with Crippen molar-refractivity contribution in [2.24, 2.45) is 5.92 Å². The monoisotopic (exact) mass is 280 g/mol. The molecular weight excluding hydrogens is 259 g/mol. The maximum absolute atomic E-state index is 13.5. The van der Waals surface area contributed by atoms with E-state index < -0.39 is 5.97 Å². The maximum atomic E-state index is 13.5. The van der Waals surface area contributed by atoms with Crippen molar-refractivity contribution in [1.29, 1.82) is 0 Å². The summed E-state index contributed by atoms with van der Waals surface area (Å²) in [5.74, 6) is -0.331. The molecule has 0 heterocycles. The first-order valence-electron chi connectivity index (χ1n) is 7.16. The van der Waals surface area contributed by atoms with Crippen LogP contribution >= 0.6 is 0 Å². The minimum atomic E-state index is -0.721. The minimum absolute atomic E-state index is 0.0366. The summed E-state index contributed by atoms with van der Waals surface area (Å²) in [6.07, 6.45) is 2.88. The third kappa shape index (κ3) is 3.50. The Balaban J connectivity index is 2.16. The molecular formula is C16H21FO3. The number of hydrogen-bond acceptors (Lipinski definition) is 2. The van der Waals surface area contributed by atoms with Gasteiger partial charge >= 0.3 is 5.97 Å². The SMILES string of the molecule is CC(C)Oc1ccc(F)cc1C1CCC(C(=O)O)CC1. The number of carbonyl (C=O) groups is 1. The summed E-state index contributed by atoms with van der Waals surface area (Å²) in [7, 11) is 0. The fourth-order valence-corrected chi connectivity index (χ4v) is 2.85. The Morgan fingerprint density at radius 3 is 2.50 bits per heavy atom. The Morgan fingerprint density at radius 1 is 1.30 bits per heavy atom. The Hall–Kier alpha value is -1.58. The average Bonchev–Trinajstić information content (AvgIpc) is 2.40. The third-order valence-electron chi connectivity index (χ3n) is 3.85. The normalized spacial score (nSPS) is 22.8. The predicted octanol–water partition coefficient (Wildman–Crippen LogP) is 3.97. The molecule has 3 nitrogen and oxygen atoms in total. The zero-order valence-corrected chi connectivity index (χ0v) is 11.9. The molecule has 1 N–H and O–H groups in total. The molecule has 20 heavy (non-hydrogen) atoms. The summed E-state index contributed by atoms with van der Waals surface area (Å²) < 4.78 is 19.2. The van der Waals surface area contributed by atoms with Gasteiger partial charge in [0, 0.05) is 5.56 Å². The molecule has 0 aromatic heterocycles. The van der Waals surface area contributed by atoms with E-state index in [1.54, 1.807) is 6.07 Å². The fourth-order valence-electron chi connectivity index (χ4n) is 2.85. The van der Waals surface area contributed by atoms with E-state index in [1.807, 2.05) is 13.8 Å². The van der Waals surface area contributed by atoms with Crippen molar-refractivity contribution in [2.45, 2.75) is 51.6 Å². The van der Waals surface area contributed by atoms with Crippen molar-refractivity contribution in [3.63, 3.8) is 0 Å². The van der Waals surface area contributed by atoms with Gasteiger partial charge in [-0.25, -0.2) is 4.39 Å². The molecule has 0 atom stereocenters. The minimum Gasteiger partial charge on any atom is -0.491 e. The molecule has 110 valence electrons. The molecule has 1 aromatic carbocycles.